The minimum Gasteiger partial charge on any atom is -0.394 e. The highest BCUT2D eigenvalue weighted by Crippen LogP contribution is 2.28. The Kier molecular flexibility index (Phi) is 3.06. The fourth-order valence-corrected chi connectivity index (χ4v) is 2.10. The van der Waals surface area contributed by atoms with Crippen molar-refractivity contribution in [1.82, 2.24) is 0 Å². The molecule has 0 spiro atoms. The zero-order valence-electron chi connectivity index (χ0n) is 8.79. The van der Waals surface area contributed by atoms with Crippen LogP contribution in [0.2, 0.25) is 5.02 Å². The van der Waals surface area contributed by atoms with Gasteiger partial charge in [-0.05, 0) is 24.6 Å². The number of aliphatic hydroxyl groups excluding tert-OH is 1. The van der Waals surface area contributed by atoms with Gasteiger partial charge >= 0.3 is 0 Å². The van der Waals surface area contributed by atoms with Crippen LogP contribution in [0.25, 0.3) is 0 Å². The van der Waals surface area contributed by atoms with E-state index >= 15 is 0 Å². The summed E-state index contributed by atoms with van der Waals surface area (Å²) in [6.45, 7) is 1.27. The third-order valence-corrected chi connectivity index (χ3v) is 3.26. The monoisotopic (exact) mass is 244 g/mol. The lowest BCUT2D eigenvalue weighted by Gasteiger charge is -2.23. The summed E-state index contributed by atoms with van der Waals surface area (Å²) in [5.41, 5.74) is 6.24. The lowest BCUT2D eigenvalue weighted by atomic mass is 10.0. The van der Waals surface area contributed by atoms with Gasteiger partial charge in [0.15, 0.2) is 0 Å². The van der Waals surface area contributed by atoms with Gasteiger partial charge in [-0.15, -0.1) is 0 Å². The van der Waals surface area contributed by atoms with Gasteiger partial charge in [-0.3, -0.25) is 0 Å². The van der Waals surface area contributed by atoms with E-state index in [9.17, 15) is 4.39 Å². The molecule has 1 fully saturated rings. The number of halogens is 2. The molecule has 1 aliphatic heterocycles. The summed E-state index contributed by atoms with van der Waals surface area (Å²) in [7, 11) is 0. The molecule has 1 aliphatic rings. The van der Waals surface area contributed by atoms with Crippen LogP contribution in [0.3, 0.4) is 0 Å². The fraction of sp³-hybridized carbons (Fsp3) is 0.455. The molecule has 3 N–H and O–H groups in total. The van der Waals surface area contributed by atoms with Crippen molar-refractivity contribution in [3.8, 4) is 0 Å². The number of rotatable bonds is 2. The Bertz CT molecular complexity index is 402. The molecule has 1 unspecified atom stereocenters. The van der Waals surface area contributed by atoms with Crippen LogP contribution >= 0.6 is 11.6 Å². The highest BCUT2D eigenvalue weighted by Gasteiger charge is 2.33. The molecular formula is C11H14ClFN2O. The minimum absolute atomic E-state index is 0.0432. The summed E-state index contributed by atoms with van der Waals surface area (Å²) >= 11 is 5.71. The Morgan fingerprint density at radius 1 is 1.56 bits per heavy atom. The molecule has 5 heteroatoms. The van der Waals surface area contributed by atoms with Gasteiger partial charge in [-0.2, -0.15) is 0 Å². The first kappa shape index (κ1) is 11.6. The van der Waals surface area contributed by atoms with Crippen molar-refractivity contribution in [3.63, 3.8) is 0 Å². The summed E-state index contributed by atoms with van der Waals surface area (Å²) in [5.74, 6) is -0.425. The van der Waals surface area contributed by atoms with Crippen LogP contribution in [0.5, 0.6) is 0 Å². The van der Waals surface area contributed by atoms with E-state index in [0.717, 1.165) is 18.7 Å². The van der Waals surface area contributed by atoms with E-state index < -0.39 is 11.4 Å². The second-order valence-corrected chi connectivity index (χ2v) is 4.70. The maximum atomic E-state index is 13.0. The van der Waals surface area contributed by atoms with E-state index in [0.29, 0.717) is 6.54 Å². The number of hydrogen-bond acceptors (Lipinski definition) is 3. The van der Waals surface area contributed by atoms with Crippen LogP contribution in [0.15, 0.2) is 18.2 Å². The Labute approximate surface area is 98.6 Å². The first-order chi connectivity index (χ1) is 7.54. The Morgan fingerprint density at radius 2 is 2.31 bits per heavy atom. The van der Waals surface area contributed by atoms with E-state index in [-0.39, 0.29) is 11.6 Å². The summed E-state index contributed by atoms with van der Waals surface area (Å²) in [6, 6.07) is 4.59. The molecule has 0 bridgehead atoms. The standard InChI is InChI=1S/C11H14ClFN2O/c12-9-5-8(1-2-10(9)13)15-4-3-11(14,6-15)7-16/h1-2,5,16H,3-4,6-7,14H2. The van der Waals surface area contributed by atoms with Crippen LogP contribution in [-0.4, -0.2) is 30.3 Å². The molecule has 1 aromatic rings. The first-order valence-electron chi connectivity index (χ1n) is 5.14. The van der Waals surface area contributed by atoms with Crippen LogP contribution in [-0.2, 0) is 0 Å². The van der Waals surface area contributed by atoms with E-state index in [2.05, 4.69) is 0 Å². The van der Waals surface area contributed by atoms with Gasteiger partial charge in [0.25, 0.3) is 0 Å². The normalized spacial score (nSPS) is 25.1. The SMILES string of the molecule is NC1(CO)CCN(c2ccc(F)c(Cl)c2)C1. The molecule has 1 heterocycles. The van der Waals surface area contributed by atoms with Crippen molar-refractivity contribution in [1.29, 1.82) is 0 Å². The van der Waals surface area contributed by atoms with Crippen molar-refractivity contribution in [2.75, 3.05) is 24.6 Å². The number of benzene rings is 1. The Morgan fingerprint density at radius 3 is 2.88 bits per heavy atom. The molecule has 1 saturated heterocycles. The highest BCUT2D eigenvalue weighted by atomic mass is 35.5. The fourth-order valence-electron chi connectivity index (χ4n) is 1.93. The number of hydrogen-bond donors (Lipinski definition) is 2. The predicted octanol–water partition coefficient (Wildman–Crippen LogP) is 1.38. The van der Waals surface area contributed by atoms with Gasteiger partial charge in [-0.1, -0.05) is 11.6 Å². The van der Waals surface area contributed by atoms with Crippen molar-refractivity contribution < 1.29 is 9.50 Å². The number of nitrogens with two attached hydrogens (primary N) is 1. The van der Waals surface area contributed by atoms with Crippen LogP contribution in [0, 0.1) is 5.82 Å². The molecule has 0 aliphatic carbocycles. The molecule has 3 nitrogen and oxygen atoms in total. The Balaban J connectivity index is 2.17. The average molecular weight is 245 g/mol. The second-order valence-electron chi connectivity index (χ2n) is 4.29. The molecule has 1 aromatic carbocycles. The average Bonchev–Trinajstić information content (AvgIpc) is 2.66. The quantitative estimate of drug-likeness (QED) is 0.827. The maximum Gasteiger partial charge on any atom is 0.141 e. The number of aliphatic hydroxyl groups is 1. The van der Waals surface area contributed by atoms with Crippen LogP contribution in [0.1, 0.15) is 6.42 Å². The summed E-state index contributed by atoms with van der Waals surface area (Å²) in [6.07, 6.45) is 0.721. The van der Waals surface area contributed by atoms with E-state index in [1.54, 1.807) is 12.1 Å². The molecule has 0 saturated carbocycles. The van der Waals surface area contributed by atoms with Crippen LogP contribution < -0.4 is 10.6 Å². The Hall–Kier alpha value is -0.840. The summed E-state index contributed by atoms with van der Waals surface area (Å²) in [4.78, 5) is 2.00. The van der Waals surface area contributed by atoms with E-state index in [4.69, 9.17) is 22.4 Å². The van der Waals surface area contributed by atoms with Crippen LogP contribution in [0.4, 0.5) is 10.1 Å². The zero-order valence-corrected chi connectivity index (χ0v) is 9.54. The minimum atomic E-state index is -0.555. The molecular weight excluding hydrogens is 231 g/mol. The van der Waals surface area contributed by atoms with Crippen molar-refractivity contribution >= 4 is 17.3 Å². The number of anilines is 1. The second kappa shape index (κ2) is 4.20. The molecule has 0 radical (unpaired) electrons. The van der Waals surface area contributed by atoms with Gasteiger partial charge in [0.05, 0.1) is 17.2 Å². The van der Waals surface area contributed by atoms with E-state index in [1.807, 2.05) is 4.90 Å². The van der Waals surface area contributed by atoms with Crippen molar-refractivity contribution in [3.05, 3.63) is 29.0 Å². The maximum absolute atomic E-state index is 13.0. The highest BCUT2D eigenvalue weighted by molar-refractivity contribution is 6.31. The van der Waals surface area contributed by atoms with Crippen molar-refractivity contribution in [2.45, 2.75) is 12.0 Å². The molecule has 0 aromatic heterocycles. The van der Waals surface area contributed by atoms with Gasteiger partial charge in [0.1, 0.15) is 5.82 Å². The third kappa shape index (κ3) is 2.14. The largest absolute Gasteiger partial charge is 0.394 e. The lowest BCUT2D eigenvalue weighted by molar-refractivity contribution is 0.210. The first-order valence-corrected chi connectivity index (χ1v) is 5.52. The van der Waals surface area contributed by atoms with Gasteiger partial charge in [-0.25, -0.2) is 4.39 Å². The van der Waals surface area contributed by atoms with Gasteiger partial charge < -0.3 is 15.7 Å². The smallest absolute Gasteiger partial charge is 0.141 e. The molecule has 16 heavy (non-hydrogen) atoms. The van der Waals surface area contributed by atoms with Gasteiger partial charge in [0.2, 0.25) is 0 Å². The zero-order chi connectivity index (χ0) is 11.8. The number of nitrogens with zero attached hydrogens (tertiary/aromatic N) is 1. The molecule has 88 valence electrons. The molecule has 2 rings (SSSR count). The molecule has 0 amide bonds. The topological polar surface area (TPSA) is 49.5 Å². The lowest BCUT2D eigenvalue weighted by Crippen LogP contribution is -2.46. The predicted molar refractivity (Wildman–Crippen MR) is 62.2 cm³/mol. The molecule has 1 atom stereocenters. The summed E-state index contributed by atoms with van der Waals surface area (Å²) < 4.78 is 13.0. The third-order valence-electron chi connectivity index (χ3n) is 2.97. The van der Waals surface area contributed by atoms with Crippen molar-refractivity contribution in [2.24, 2.45) is 5.73 Å². The van der Waals surface area contributed by atoms with E-state index in [1.165, 1.54) is 6.07 Å². The summed E-state index contributed by atoms with van der Waals surface area (Å²) in [5, 5.41) is 9.26. The van der Waals surface area contributed by atoms with Gasteiger partial charge in [0, 0.05) is 18.8 Å².